The molecule has 1 aromatic rings. The van der Waals surface area contributed by atoms with Gasteiger partial charge in [-0.3, -0.25) is 0 Å². The molecule has 0 fully saturated rings. The van der Waals surface area contributed by atoms with Gasteiger partial charge >= 0.3 is 0 Å². The summed E-state index contributed by atoms with van der Waals surface area (Å²) in [6.45, 7) is 6.21. The topological polar surface area (TPSA) is 30.5 Å². The van der Waals surface area contributed by atoms with Gasteiger partial charge in [0.1, 0.15) is 16.0 Å². The van der Waals surface area contributed by atoms with E-state index >= 15 is 0 Å². The average molecular weight is 328 g/mol. The van der Waals surface area contributed by atoms with Crippen LogP contribution in [0.25, 0.3) is 5.57 Å². The van der Waals surface area contributed by atoms with E-state index in [1.54, 1.807) is 14.2 Å². The second kappa shape index (κ2) is 8.23. The Bertz CT molecular complexity index is 444. The van der Waals surface area contributed by atoms with Gasteiger partial charge in [-0.2, -0.15) is 0 Å². The van der Waals surface area contributed by atoms with Gasteiger partial charge in [-0.05, 0) is 60.1 Å². The van der Waals surface area contributed by atoms with Gasteiger partial charge in [-0.15, -0.1) is 0 Å². The molecule has 0 aliphatic rings. The van der Waals surface area contributed by atoms with Gasteiger partial charge in [0, 0.05) is 5.56 Å². The smallest absolute Gasteiger partial charge is 0.144 e. The zero-order valence-electron chi connectivity index (χ0n) is 12.0. The Kier molecular flexibility index (Phi) is 6.95. The third-order valence-corrected chi connectivity index (χ3v) is 3.68. The number of rotatable bonds is 7. The van der Waals surface area contributed by atoms with Crippen LogP contribution in [0.4, 0.5) is 0 Å². The molecular weight excluding hydrogens is 306 g/mol. The maximum absolute atomic E-state index is 5.48. The number of benzene rings is 1. The lowest BCUT2D eigenvalue weighted by atomic mass is 10.0. The Morgan fingerprint density at radius 2 is 2.05 bits per heavy atom. The van der Waals surface area contributed by atoms with Crippen molar-refractivity contribution in [2.75, 3.05) is 27.3 Å². The van der Waals surface area contributed by atoms with Crippen LogP contribution >= 0.6 is 15.9 Å². The van der Waals surface area contributed by atoms with E-state index in [0.717, 1.165) is 41.0 Å². The van der Waals surface area contributed by atoms with Crippen LogP contribution in [0.15, 0.2) is 22.7 Å². The summed E-state index contributed by atoms with van der Waals surface area (Å²) in [5.74, 6) is 1.60. The van der Waals surface area contributed by atoms with Crippen molar-refractivity contribution in [1.29, 1.82) is 0 Å². The standard InChI is InChI=1S/C15H22BrNO2/c1-5-17-10-6-7-11(2)12-8-9-13(18-3)14(16)15(12)19-4/h7-9,17H,5-6,10H2,1-4H3/b11-7-. The summed E-state index contributed by atoms with van der Waals surface area (Å²) >= 11 is 3.52. The lowest BCUT2D eigenvalue weighted by Gasteiger charge is -2.14. The number of ether oxygens (including phenoxy) is 2. The molecule has 0 spiro atoms. The molecule has 0 radical (unpaired) electrons. The highest BCUT2D eigenvalue weighted by Gasteiger charge is 2.13. The lowest BCUT2D eigenvalue weighted by Crippen LogP contribution is -2.13. The summed E-state index contributed by atoms with van der Waals surface area (Å²) in [6, 6.07) is 3.98. The van der Waals surface area contributed by atoms with E-state index in [1.807, 2.05) is 12.1 Å². The Hall–Kier alpha value is -1.00. The van der Waals surface area contributed by atoms with Crippen molar-refractivity contribution >= 4 is 21.5 Å². The minimum Gasteiger partial charge on any atom is -0.495 e. The molecule has 3 nitrogen and oxygen atoms in total. The number of hydrogen-bond donors (Lipinski definition) is 1. The van der Waals surface area contributed by atoms with Crippen molar-refractivity contribution in [1.82, 2.24) is 5.32 Å². The second-order valence-electron chi connectivity index (χ2n) is 4.19. The van der Waals surface area contributed by atoms with Crippen LogP contribution in [0.3, 0.4) is 0 Å². The molecular formula is C15H22BrNO2. The molecule has 0 aromatic heterocycles. The van der Waals surface area contributed by atoms with Crippen molar-refractivity contribution in [3.05, 3.63) is 28.2 Å². The Morgan fingerprint density at radius 1 is 1.32 bits per heavy atom. The molecule has 1 N–H and O–H groups in total. The van der Waals surface area contributed by atoms with E-state index in [9.17, 15) is 0 Å². The number of hydrogen-bond acceptors (Lipinski definition) is 3. The normalized spacial score (nSPS) is 11.5. The summed E-state index contributed by atoms with van der Waals surface area (Å²) in [4.78, 5) is 0. The largest absolute Gasteiger partial charge is 0.495 e. The number of nitrogens with one attached hydrogen (secondary N) is 1. The van der Waals surface area contributed by atoms with Crippen LogP contribution in [-0.2, 0) is 0 Å². The summed E-state index contributed by atoms with van der Waals surface area (Å²) in [5, 5.41) is 3.31. The van der Waals surface area contributed by atoms with Crippen molar-refractivity contribution < 1.29 is 9.47 Å². The molecule has 0 bridgehead atoms. The van der Waals surface area contributed by atoms with Crippen molar-refractivity contribution in [3.63, 3.8) is 0 Å². The van der Waals surface area contributed by atoms with Gasteiger partial charge in [0.15, 0.2) is 0 Å². The van der Waals surface area contributed by atoms with Gasteiger partial charge in [0.25, 0.3) is 0 Å². The SMILES string of the molecule is CCNCC/C=C(/C)c1ccc(OC)c(Br)c1OC. The summed E-state index contributed by atoms with van der Waals surface area (Å²) in [5.41, 5.74) is 2.30. The van der Waals surface area contributed by atoms with Gasteiger partial charge in [0.05, 0.1) is 14.2 Å². The maximum Gasteiger partial charge on any atom is 0.144 e. The van der Waals surface area contributed by atoms with E-state index in [4.69, 9.17) is 9.47 Å². The van der Waals surface area contributed by atoms with Crippen LogP contribution in [0, 0.1) is 0 Å². The van der Waals surface area contributed by atoms with Crippen LogP contribution in [0.5, 0.6) is 11.5 Å². The molecule has 1 rings (SSSR count). The van der Waals surface area contributed by atoms with E-state index in [-0.39, 0.29) is 0 Å². The first-order valence-electron chi connectivity index (χ1n) is 6.44. The van der Waals surface area contributed by atoms with Crippen molar-refractivity contribution in [3.8, 4) is 11.5 Å². The quantitative estimate of drug-likeness (QED) is 0.771. The van der Waals surface area contributed by atoms with Crippen molar-refractivity contribution in [2.24, 2.45) is 0 Å². The fraction of sp³-hybridized carbons (Fsp3) is 0.467. The van der Waals surface area contributed by atoms with E-state index in [0.29, 0.717) is 0 Å². The predicted octanol–water partition coefficient (Wildman–Crippen LogP) is 3.87. The zero-order chi connectivity index (χ0) is 14.3. The molecule has 0 amide bonds. The van der Waals surface area contributed by atoms with Crippen LogP contribution in [-0.4, -0.2) is 27.3 Å². The molecule has 0 saturated heterocycles. The van der Waals surface area contributed by atoms with E-state index in [2.05, 4.69) is 41.2 Å². The van der Waals surface area contributed by atoms with Crippen LogP contribution < -0.4 is 14.8 Å². The van der Waals surface area contributed by atoms with Gasteiger partial charge in [0.2, 0.25) is 0 Å². The molecule has 0 aliphatic heterocycles. The first-order chi connectivity index (χ1) is 9.15. The average Bonchev–Trinajstić information content (AvgIpc) is 2.43. The molecule has 0 unspecified atom stereocenters. The maximum atomic E-state index is 5.48. The lowest BCUT2D eigenvalue weighted by molar-refractivity contribution is 0.388. The van der Waals surface area contributed by atoms with Crippen LogP contribution in [0.2, 0.25) is 0 Å². The Morgan fingerprint density at radius 3 is 2.63 bits per heavy atom. The minimum absolute atomic E-state index is 0.779. The summed E-state index contributed by atoms with van der Waals surface area (Å²) in [7, 11) is 3.33. The molecule has 0 saturated carbocycles. The molecule has 1 aromatic carbocycles. The highest BCUT2D eigenvalue weighted by atomic mass is 79.9. The van der Waals surface area contributed by atoms with Gasteiger partial charge < -0.3 is 14.8 Å². The first kappa shape index (κ1) is 16.1. The van der Waals surface area contributed by atoms with Gasteiger partial charge in [-0.1, -0.05) is 13.0 Å². The third-order valence-electron chi connectivity index (χ3n) is 2.93. The Balaban J connectivity index is 2.96. The monoisotopic (exact) mass is 327 g/mol. The number of halogens is 1. The molecule has 4 heteroatoms. The third kappa shape index (κ3) is 4.25. The molecule has 0 aliphatic carbocycles. The fourth-order valence-electron chi connectivity index (χ4n) is 1.88. The van der Waals surface area contributed by atoms with E-state index in [1.165, 1.54) is 5.57 Å². The highest BCUT2D eigenvalue weighted by molar-refractivity contribution is 9.10. The Labute approximate surface area is 124 Å². The van der Waals surface area contributed by atoms with Gasteiger partial charge in [-0.25, -0.2) is 0 Å². The van der Waals surface area contributed by atoms with Crippen molar-refractivity contribution in [2.45, 2.75) is 20.3 Å². The molecule has 0 atom stereocenters. The molecule has 19 heavy (non-hydrogen) atoms. The number of allylic oxidation sites excluding steroid dienone is 1. The first-order valence-corrected chi connectivity index (χ1v) is 7.23. The summed E-state index contributed by atoms with van der Waals surface area (Å²) < 4.78 is 11.6. The fourth-order valence-corrected chi connectivity index (χ4v) is 2.55. The van der Waals surface area contributed by atoms with Crippen LogP contribution in [0.1, 0.15) is 25.8 Å². The second-order valence-corrected chi connectivity index (χ2v) is 4.98. The predicted molar refractivity (Wildman–Crippen MR) is 84.1 cm³/mol. The molecule has 0 heterocycles. The molecule has 106 valence electrons. The minimum atomic E-state index is 0.779. The summed E-state index contributed by atoms with van der Waals surface area (Å²) in [6.07, 6.45) is 3.23. The van der Waals surface area contributed by atoms with E-state index < -0.39 is 0 Å². The number of methoxy groups -OCH3 is 2. The highest BCUT2D eigenvalue weighted by Crippen LogP contribution is 2.39. The zero-order valence-corrected chi connectivity index (χ0v) is 13.6.